The van der Waals surface area contributed by atoms with E-state index in [9.17, 15) is 0 Å². The average Bonchev–Trinajstić information content (AvgIpc) is 2.71. The van der Waals surface area contributed by atoms with Gasteiger partial charge in [0.05, 0.1) is 13.2 Å². The Hall–Kier alpha value is -0.860. The molecule has 1 aromatic carbocycles. The smallest absolute Gasteiger partial charge is 0.0717 e. The van der Waals surface area contributed by atoms with Crippen LogP contribution in [0.5, 0.6) is 0 Å². The van der Waals surface area contributed by atoms with Gasteiger partial charge in [0.25, 0.3) is 0 Å². The van der Waals surface area contributed by atoms with Crippen molar-refractivity contribution in [3.8, 4) is 0 Å². The van der Waals surface area contributed by atoms with Crippen LogP contribution in [-0.2, 0) is 11.3 Å². The van der Waals surface area contributed by atoms with Gasteiger partial charge in [0.15, 0.2) is 0 Å². The third-order valence-corrected chi connectivity index (χ3v) is 4.25. The number of nitrogens with two attached hydrogens (primary N) is 1. The molecular weight excluding hydrogens is 198 g/mol. The van der Waals surface area contributed by atoms with E-state index in [4.69, 9.17) is 10.5 Å². The third kappa shape index (κ3) is 1.66. The molecule has 0 spiro atoms. The van der Waals surface area contributed by atoms with Crippen LogP contribution in [0.2, 0.25) is 0 Å². The van der Waals surface area contributed by atoms with Gasteiger partial charge >= 0.3 is 0 Å². The molecule has 0 radical (unpaired) electrons. The van der Waals surface area contributed by atoms with E-state index in [-0.39, 0.29) is 5.54 Å². The summed E-state index contributed by atoms with van der Waals surface area (Å²) in [5.41, 5.74) is 7.59. The summed E-state index contributed by atoms with van der Waals surface area (Å²) < 4.78 is 5.76. The van der Waals surface area contributed by atoms with Crippen molar-refractivity contribution >= 4 is 0 Å². The Morgan fingerprint density at radius 3 is 2.56 bits per heavy atom. The first kappa shape index (κ1) is 10.3. The summed E-state index contributed by atoms with van der Waals surface area (Å²) in [4.78, 5) is 0. The van der Waals surface area contributed by atoms with E-state index in [2.05, 4.69) is 12.1 Å². The van der Waals surface area contributed by atoms with Crippen molar-refractivity contribution in [2.75, 3.05) is 6.61 Å². The molecule has 2 aliphatic rings. The zero-order valence-corrected chi connectivity index (χ0v) is 9.56. The highest BCUT2D eigenvalue weighted by Crippen LogP contribution is 2.59. The lowest BCUT2D eigenvalue weighted by Crippen LogP contribution is -2.34. The molecule has 2 fully saturated rings. The quantitative estimate of drug-likeness (QED) is 0.840. The van der Waals surface area contributed by atoms with Crippen LogP contribution in [0.4, 0.5) is 0 Å². The lowest BCUT2D eigenvalue weighted by Gasteiger charge is -2.15. The van der Waals surface area contributed by atoms with E-state index in [1.807, 2.05) is 18.2 Å². The highest BCUT2D eigenvalue weighted by Gasteiger charge is 2.63. The summed E-state index contributed by atoms with van der Waals surface area (Å²) in [6, 6.07) is 10.3. The SMILES string of the molecule is NC1(COCc2ccccc2)[C@@H]2CCC[C@@H]21. The van der Waals surface area contributed by atoms with Crippen LogP contribution >= 0.6 is 0 Å². The molecule has 0 amide bonds. The standard InChI is InChI=1S/C14H19NO/c15-14(12-7-4-8-13(12)14)10-16-9-11-5-2-1-3-6-11/h1-3,5-6,12-13H,4,7-10,15H2/t12-,13+,14?. The second-order valence-electron chi connectivity index (χ2n) is 5.23. The highest BCUT2D eigenvalue weighted by molar-refractivity contribution is 5.19. The molecule has 2 nitrogen and oxygen atoms in total. The summed E-state index contributed by atoms with van der Waals surface area (Å²) in [5.74, 6) is 1.51. The fourth-order valence-corrected chi connectivity index (χ4v) is 3.26. The minimum Gasteiger partial charge on any atom is -0.375 e. The van der Waals surface area contributed by atoms with Gasteiger partial charge in [-0.05, 0) is 30.2 Å². The number of hydrogen-bond donors (Lipinski definition) is 1. The fourth-order valence-electron chi connectivity index (χ4n) is 3.26. The molecular formula is C14H19NO. The van der Waals surface area contributed by atoms with E-state index < -0.39 is 0 Å². The van der Waals surface area contributed by atoms with Crippen LogP contribution in [0.25, 0.3) is 0 Å². The maximum atomic E-state index is 6.34. The van der Waals surface area contributed by atoms with Gasteiger partial charge in [-0.3, -0.25) is 0 Å². The van der Waals surface area contributed by atoms with Gasteiger partial charge in [0.2, 0.25) is 0 Å². The van der Waals surface area contributed by atoms with Crippen molar-refractivity contribution < 1.29 is 4.74 Å². The minimum absolute atomic E-state index is 0.0209. The first-order chi connectivity index (χ1) is 7.81. The Labute approximate surface area is 96.8 Å². The Morgan fingerprint density at radius 1 is 1.19 bits per heavy atom. The molecule has 0 saturated heterocycles. The fraction of sp³-hybridized carbons (Fsp3) is 0.571. The molecule has 0 heterocycles. The van der Waals surface area contributed by atoms with Crippen LogP contribution in [0.3, 0.4) is 0 Å². The van der Waals surface area contributed by atoms with Crippen molar-refractivity contribution in [1.29, 1.82) is 0 Å². The molecule has 1 unspecified atom stereocenters. The normalized spacial score (nSPS) is 36.1. The largest absolute Gasteiger partial charge is 0.375 e. The van der Waals surface area contributed by atoms with Gasteiger partial charge in [-0.1, -0.05) is 36.8 Å². The molecule has 0 aliphatic heterocycles. The molecule has 2 heteroatoms. The third-order valence-electron chi connectivity index (χ3n) is 4.25. The summed E-state index contributed by atoms with van der Waals surface area (Å²) in [5, 5.41) is 0. The Kier molecular flexibility index (Phi) is 2.49. The molecule has 2 N–H and O–H groups in total. The summed E-state index contributed by atoms with van der Waals surface area (Å²) in [6.45, 7) is 1.43. The molecule has 1 aromatic rings. The van der Waals surface area contributed by atoms with Crippen molar-refractivity contribution in [3.05, 3.63) is 35.9 Å². The van der Waals surface area contributed by atoms with Crippen molar-refractivity contribution in [2.45, 2.75) is 31.4 Å². The lowest BCUT2D eigenvalue weighted by atomic mass is 10.1. The van der Waals surface area contributed by atoms with Gasteiger partial charge < -0.3 is 10.5 Å². The van der Waals surface area contributed by atoms with Crippen LogP contribution in [0, 0.1) is 11.8 Å². The number of hydrogen-bond acceptors (Lipinski definition) is 2. The molecule has 16 heavy (non-hydrogen) atoms. The second kappa shape index (κ2) is 3.86. The predicted octanol–water partition coefficient (Wildman–Crippen LogP) is 2.33. The maximum absolute atomic E-state index is 6.34. The molecule has 0 aromatic heterocycles. The second-order valence-corrected chi connectivity index (χ2v) is 5.23. The van der Waals surface area contributed by atoms with Crippen LogP contribution in [0.15, 0.2) is 30.3 Å². The topological polar surface area (TPSA) is 35.2 Å². The van der Waals surface area contributed by atoms with Crippen LogP contribution in [0.1, 0.15) is 24.8 Å². The monoisotopic (exact) mass is 217 g/mol. The Morgan fingerprint density at radius 2 is 1.88 bits per heavy atom. The summed E-state index contributed by atoms with van der Waals surface area (Å²) in [6.07, 6.45) is 4.00. The molecule has 86 valence electrons. The predicted molar refractivity (Wildman–Crippen MR) is 63.8 cm³/mol. The van der Waals surface area contributed by atoms with Crippen molar-refractivity contribution in [3.63, 3.8) is 0 Å². The van der Waals surface area contributed by atoms with Gasteiger partial charge in [-0.25, -0.2) is 0 Å². The molecule has 2 aliphatic carbocycles. The first-order valence-corrected chi connectivity index (χ1v) is 6.21. The number of benzene rings is 1. The first-order valence-electron chi connectivity index (χ1n) is 6.21. The Balaban J connectivity index is 1.48. The maximum Gasteiger partial charge on any atom is 0.0717 e. The van der Waals surface area contributed by atoms with E-state index in [1.165, 1.54) is 24.8 Å². The molecule has 3 atom stereocenters. The van der Waals surface area contributed by atoms with E-state index in [0.29, 0.717) is 6.61 Å². The minimum atomic E-state index is 0.0209. The zero-order valence-electron chi connectivity index (χ0n) is 9.56. The molecule has 3 rings (SSSR count). The van der Waals surface area contributed by atoms with Crippen molar-refractivity contribution in [1.82, 2.24) is 0 Å². The van der Waals surface area contributed by atoms with Gasteiger partial charge in [0, 0.05) is 5.54 Å². The van der Waals surface area contributed by atoms with Crippen molar-refractivity contribution in [2.24, 2.45) is 17.6 Å². The van der Waals surface area contributed by atoms with Crippen LogP contribution in [-0.4, -0.2) is 12.1 Å². The van der Waals surface area contributed by atoms with E-state index >= 15 is 0 Å². The van der Waals surface area contributed by atoms with Gasteiger partial charge in [-0.15, -0.1) is 0 Å². The number of fused-ring (bicyclic) bond motifs is 1. The number of ether oxygens (including phenoxy) is 1. The van der Waals surface area contributed by atoms with E-state index in [0.717, 1.165) is 18.4 Å². The van der Waals surface area contributed by atoms with Gasteiger partial charge in [-0.2, -0.15) is 0 Å². The van der Waals surface area contributed by atoms with E-state index in [1.54, 1.807) is 0 Å². The Bertz CT molecular complexity index is 352. The van der Waals surface area contributed by atoms with Gasteiger partial charge in [0.1, 0.15) is 0 Å². The summed E-state index contributed by atoms with van der Waals surface area (Å²) in [7, 11) is 0. The summed E-state index contributed by atoms with van der Waals surface area (Å²) >= 11 is 0. The molecule has 2 saturated carbocycles. The zero-order chi connectivity index (χ0) is 11.0. The highest BCUT2D eigenvalue weighted by atomic mass is 16.5. The number of rotatable bonds is 4. The molecule has 0 bridgehead atoms. The average molecular weight is 217 g/mol. The lowest BCUT2D eigenvalue weighted by molar-refractivity contribution is 0.0921. The van der Waals surface area contributed by atoms with Crippen LogP contribution < -0.4 is 5.73 Å².